The molecule has 1 fully saturated rings. The van der Waals surface area contributed by atoms with Gasteiger partial charge in [-0.25, -0.2) is 0 Å². The van der Waals surface area contributed by atoms with Gasteiger partial charge >= 0.3 is 0 Å². The Balaban J connectivity index is 1.69. The van der Waals surface area contributed by atoms with Gasteiger partial charge in [0.25, 0.3) is 0 Å². The number of hydrogen-bond donors (Lipinski definition) is 2. The fraction of sp³-hybridized carbons (Fsp3) is 0.647. The number of rotatable bonds is 5. The maximum absolute atomic E-state index is 9.27. The van der Waals surface area contributed by atoms with Crippen LogP contribution in [0.5, 0.6) is 5.75 Å². The number of hydrogen-bond acceptors (Lipinski definition) is 2. The number of nitrogens with one attached hydrogen (secondary N) is 1. The van der Waals surface area contributed by atoms with Crippen molar-refractivity contribution >= 4 is 0 Å². The largest absolute Gasteiger partial charge is 0.508 e. The van der Waals surface area contributed by atoms with Gasteiger partial charge in [-0.05, 0) is 62.3 Å². The quantitative estimate of drug-likeness (QED) is 0.846. The molecule has 1 unspecified atom stereocenters. The third-order valence-corrected chi connectivity index (χ3v) is 4.37. The van der Waals surface area contributed by atoms with E-state index in [2.05, 4.69) is 19.2 Å². The lowest BCUT2D eigenvalue weighted by atomic mass is 9.83. The van der Waals surface area contributed by atoms with E-state index in [9.17, 15) is 5.11 Å². The molecule has 2 N–H and O–H groups in total. The van der Waals surface area contributed by atoms with E-state index in [1.165, 1.54) is 31.2 Å². The third kappa shape index (κ3) is 4.87. The first kappa shape index (κ1) is 14.4. The molecule has 106 valence electrons. The molecule has 1 atom stereocenters. The zero-order valence-electron chi connectivity index (χ0n) is 12.2. The van der Waals surface area contributed by atoms with Gasteiger partial charge in [-0.1, -0.05) is 31.9 Å². The van der Waals surface area contributed by atoms with Crippen molar-refractivity contribution in [1.29, 1.82) is 0 Å². The molecule has 19 heavy (non-hydrogen) atoms. The van der Waals surface area contributed by atoms with Gasteiger partial charge in [0, 0.05) is 6.04 Å². The summed E-state index contributed by atoms with van der Waals surface area (Å²) in [7, 11) is 0. The van der Waals surface area contributed by atoms with Crippen molar-refractivity contribution in [2.75, 3.05) is 6.54 Å². The number of phenolic OH excluding ortho intramolecular Hbond substituents is 1. The van der Waals surface area contributed by atoms with Gasteiger partial charge in [0.1, 0.15) is 5.75 Å². The van der Waals surface area contributed by atoms with E-state index in [4.69, 9.17) is 0 Å². The lowest BCUT2D eigenvalue weighted by Gasteiger charge is -2.27. The van der Waals surface area contributed by atoms with Crippen molar-refractivity contribution < 1.29 is 5.11 Å². The Kier molecular flexibility index (Phi) is 5.26. The third-order valence-electron chi connectivity index (χ3n) is 4.37. The smallest absolute Gasteiger partial charge is 0.115 e. The standard InChI is InChI=1S/C17H27NO/c1-13-3-5-16(6-4-13)12-18-14(2)11-15-7-9-17(19)10-8-15/h7-10,13-14,16,18-19H,3-6,11-12H2,1-2H3. The van der Waals surface area contributed by atoms with Crippen LogP contribution in [0.1, 0.15) is 45.1 Å². The van der Waals surface area contributed by atoms with Crippen LogP contribution in [0.2, 0.25) is 0 Å². The second-order valence-electron chi connectivity index (χ2n) is 6.31. The average molecular weight is 261 g/mol. The Morgan fingerprint density at radius 2 is 1.79 bits per heavy atom. The van der Waals surface area contributed by atoms with Crippen LogP contribution < -0.4 is 5.32 Å². The van der Waals surface area contributed by atoms with Crippen LogP contribution in [0.3, 0.4) is 0 Å². The molecule has 1 aliphatic carbocycles. The Morgan fingerprint density at radius 1 is 1.16 bits per heavy atom. The summed E-state index contributed by atoms with van der Waals surface area (Å²) in [5.74, 6) is 2.16. The summed E-state index contributed by atoms with van der Waals surface area (Å²) in [5, 5.41) is 12.9. The summed E-state index contributed by atoms with van der Waals surface area (Å²) in [4.78, 5) is 0. The molecule has 0 saturated heterocycles. The van der Waals surface area contributed by atoms with Crippen LogP contribution in [0.4, 0.5) is 0 Å². The van der Waals surface area contributed by atoms with Crippen molar-refractivity contribution in [1.82, 2.24) is 5.32 Å². The van der Waals surface area contributed by atoms with E-state index >= 15 is 0 Å². The molecule has 0 bridgehead atoms. The van der Waals surface area contributed by atoms with E-state index in [-0.39, 0.29) is 0 Å². The topological polar surface area (TPSA) is 32.3 Å². The zero-order chi connectivity index (χ0) is 13.7. The van der Waals surface area contributed by atoms with Crippen molar-refractivity contribution in [2.24, 2.45) is 11.8 Å². The molecular formula is C17H27NO. The van der Waals surface area contributed by atoms with Gasteiger partial charge in [-0.2, -0.15) is 0 Å². The maximum Gasteiger partial charge on any atom is 0.115 e. The molecule has 1 aromatic carbocycles. The molecule has 1 saturated carbocycles. The van der Waals surface area contributed by atoms with Gasteiger partial charge in [0.15, 0.2) is 0 Å². The summed E-state index contributed by atoms with van der Waals surface area (Å²) < 4.78 is 0. The van der Waals surface area contributed by atoms with Crippen LogP contribution in [-0.4, -0.2) is 17.7 Å². The fourth-order valence-corrected chi connectivity index (χ4v) is 2.96. The van der Waals surface area contributed by atoms with Crippen LogP contribution in [-0.2, 0) is 6.42 Å². The highest BCUT2D eigenvalue weighted by Crippen LogP contribution is 2.27. The van der Waals surface area contributed by atoms with Gasteiger partial charge < -0.3 is 10.4 Å². The van der Waals surface area contributed by atoms with Gasteiger partial charge in [-0.3, -0.25) is 0 Å². The van der Waals surface area contributed by atoms with Crippen LogP contribution in [0.25, 0.3) is 0 Å². The number of phenols is 1. The predicted molar refractivity (Wildman–Crippen MR) is 80.4 cm³/mol. The first-order chi connectivity index (χ1) is 9.13. The molecule has 0 amide bonds. The highest BCUT2D eigenvalue weighted by atomic mass is 16.3. The van der Waals surface area contributed by atoms with E-state index < -0.39 is 0 Å². The lowest BCUT2D eigenvalue weighted by molar-refractivity contribution is 0.275. The number of aromatic hydroxyl groups is 1. The van der Waals surface area contributed by atoms with E-state index in [1.807, 2.05) is 12.1 Å². The monoisotopic (exact) mass is 261 g/mol. The first-order valence-corrected chi connectivity index (χ1v) is 7.64. The SMILES string of the molecule is CC1CCC(CNC(C)Cc2ccc(O)cc2)CC1. The number of benzene rings is 1. The molecule has 1 aliphatic rings. The second kappa shape index (κ2) is 6.95. The van der Waals surface area contributed by atoms with Gasteiger partial charge in [-0.15, -0.1) is 0 Å². The van der Waals surface area contributed by atoms with Crippen molar-refractivity contribution in [2.45, 2.75) is 52.0 Å². The van der Waals surface area contributed by atoms with Crippen LogP contribution >= 0.6 is 0 Å². The summed E-state index contributed by atoms with van der Waals surface area (Å²) in [6, 6.07) is 8.06. The van der Waals surface area contributed by atoms with E-state index in [0.29, 0.717) is 11.8 Å². The molecule has 2 nitrogen and oxygen atoms in total. The minimum absolute atomic E-state index is 0.348. The Morgan fingerprint density at radius 3 is 2.42 bits per heavy atom. The molecule has 0 aliphatic heterocycles. The fourth-order valence-electron chi connectivity index (χ4n) is 2.96. The van der Waals surface area contributed by atoms with Crippen LogP contribution in [0.15, 0.2) is 24.3 Å². The molecule has 0 heterocycles. The van der Waals surface area contributed by atoms with Crippen LogP contribution in [0, 0.1) is 11.8 Å². The molecule has 2 rings (SSSR count). The molecule has 0 aromatic heterocycles. The summed E-state index contributed by atoms with van der Waals surface area (Å²) in [5.41, 5.74) is 1.29. The predicted octanol–water partition coefficient (Wildman–Crippen LogP) is 3.74. The van der Waals surface area contributed by atoms with Gasteiger partial charge in [0.05, 0.1) is 0 Å². The van der Waals surface area contributed by atoms with E-state index in [0.717, 1.165) is 24.8 Å². The molecular weight excluding hydrogens is 234 g/mol. The lowest BCUT2D eigenvalue weighted by Crippen LogP contribution is -2.34. The van der Waals surface area contributed by atoms with Crippen molar-refractivity contribution in [3.63, 3.8) is 0 Å². The molecule has 2 heteroatoms. The zero-order valence-corrected chi connectivity index (χ0v) is 12.2. The normalized spacial score (nSPS) is 25.2. The second-order valence-corrected chi connectivity index (χ2v) is 6.31. The van der Waals surface area contributed by atoms with Crippen molar-refractivity contribution in [3.05, 3.63) is 29.8 Å². The Labute approximate surface area is 117 Å². The Hall–Kier alpha value is -1.02. The van der Waals surface area contributed by atoms with E-state index in [1.54, 1.807) is 12.1 Å². The van der Waals surface area contributed by atoms with Crippen molar-refractivity contribution in [3.8, 4) is 5.75 Å². The minimum Gasteiger partial charge on any atom is -0.508 e. The highest BCUT2D eigenvalue weighted by molar-refractivity contribution is 5.26. The highest BCUT2D eigenvalue weighted by Gasteiger charge is 2.18. The molecule has 1 aromatic rings. The first-order valence-electron chi connectivity index (χ1n) is 7.64. The molecule has 0 radical (unpaired) electrons. The van der Waals surface area contributed by atoms with Gasteiger partial charge in [0.2, 0.25) is 0 Å². The average Bonchev–Trinajstić information content (AvgIpc) is 2.41. The summed E-state index contributed by atoms with van der Waals surface area (Å²) in [6.07, 6.45) is 6.61. The summed E-state index contributed by atoms with van der Waals surface area (Å²) in [6.45, 7) is 5.78. The minimum atomic E-state index is 0.348. The summed E-state index contributed by atoms with van der Waals surface area (Å²) >= 11 is 0. The Bertz CT molecular complexity index is 365. The molecule has 0 spiro atoms. The maximum atomic E-state index is 9.27.